The van der Waals surface area contributed by atoms with Crippen LogP contribution in [0, 0.1) is 0 Å². The van der Waals surface area contributed by atoms with E-state index in [9.17, 15) is 0 Å². The van der Waals surface area contributed by atoms with E-state index in [1.165, 1.54) is 10.4 Å². The van der Waals surface area contributed by atoms with Crippen molar-refractivity contribution in [3.63, 3.8) is 0 Å². The summed E-state index contributed by atoms with van der Waals surface area (Å²) in [5.74, 6) is 0. The fourth-order valence-corrected chi connectivity index (χ4v) is 11.5. The van der Waals surface area contributed by atoms with Gasteiger partial charge in [0, 0.05) is 8.56 Å². The zero-order valence-electron chi connectivity index (χ0n) is 11.7. The van der Waals surface area contributed by atoms with Crippen molar-refractivity contribution in [3.8, 4) is 0 Å². The summed E-state index contributed by atoms with van der Waals surface area (Å²) in [6, 6.07) is 21.4. The molecule has 0 amide bonds. The molecule has 1 nitrogen and oxygen atoms in total. The van der Waals surface area contributed by atoms with E-state index >= 15 is 0 Å². The summed E-state index contributed by atoms with van der Waals surface area (Å²) in [6.07, 6.45) is 0. The summed E-state index contributed by atoms with van der Waals surface area (Å²) in [7, 11) is -1.69. The summed E-state index contributed by atoms with van der Waals surface area (Å²) in [4.78, 5) is 0. The number of benzene rings is 2. The van der Waals surface area contributed by atoms with Gasteiger partial charge in [0.15, 0.2) is 8.32 Å². The van der Waals surface area contributed by atoms with Gasteiger partial charge < -0.3 is 13.2 Å². The van der Waals surface area contributed by atoms with Gasteiger partial charge in [0.2, 0.25) is 0 Å². The molecule has 0 aliphatic heterocycles. The van der Waals surface area contributed by atoms with E-state index in [-0.39, 0.29) is 0 Å². The van der Waals surface area contributed by atoms with Crippen LogP contribution in [0.15, 0.2) is 60.7 Å². The Morgan fingerprint density at radius 3 is 1.89 bits per heavy atom. The molecule has 2 radical (unpaired) electrons. The van der Waals surface area contributed by atoms with Gasteiger partial charge in [-0.1, -0.05) is 65.9 Å². The van der Waals surface area contributed by atoms with Crippen LogP contribution in [0.25, 0.3) is 0 Å². The molecule has 0 unspecified atom stereocenters. The highest BCUT2D eigenvalue weighted by Crippen LogP contribution is 2.05. The van der Waals surface area contributed by atoms with Gasteiger partial charge in [0.25, 0.3) is 0 Å². The van der Waals surface area contributed by atoms with Gasteiger partial charge in [-0.2, -0.15) is 0 Å². The lowest BCUT2D eigenvalue weighted by Gasteiger charge is -2.35. The first-order chi connectivity index (χ1) is 9.04. The SMILES string of the molecule is C[Si](C)(C)O[Si]([Si-]c1ccccc1)c1ccccc1. The minimum absolute atomic E-state index is 0.761. The molecule has 4 heteroatoms. The van der Waals surface area contributed by atoms with Crippen LogP contribution in [0.1, 0.15) is 0 Å². The molecule has 2 rings (SSSR count). The number of hydrogen-bond donors (Lipinski definition) is 0. The lowest BCUT2D eigenvalue weighted by Crippen LogP contribution is -2.50. The van der Waals surface area contributed by atoms with Gasteiger partial charge in [0.1, 0.15) is 0 Å². The predicted molar refractivity (Wildman–Crippen MR) is 88.1 cm³/mol. The highest BCUT2D eigenvalue weighted by atomic mass is 29.2. The first-order valence-corrected chi connectivity index (χ1v) is 13.3. The normalized spacial score (nSPS) is 11.6. The Bertz CT molecular complexity index is 494. The van der Waals surface area contributed by atoms with E-state index in [1.807, 2.05) is 0 Å². The highest BCUT2D eigenvalue weighted by molar-refractivity contribution is 7.22. The van der Waals surface area contributed by atoms with Crippen LogP contribution in [-0.4, -0.2) is 25.9 Å². The maximum Gasteiger partial charge on any atom is 0.168 e. The second-order valence-electron chi connectivity index (χ2n) is 5.40. The monoisotopic (exact) mass is 299 g/mol. The molecule has 0 aliphatic rings. The summed E-state index contributed by atoms with van der Waals surface area (Å²) in [5, 5.41) is 2.79. The standard InChI is InChI=1S/C15H19OSi3/c1-19(2,3)16-18(15-12-8-5-9-13-15)17-14-10-6-4-7-11-14/h4-13H,1-3H3/q-1. The zero-order valence-corrected chi connectivity index (χ0v) is 14.7. The fourth-order valence-electron chi connectivity index (χ4n) is 1.70. The molecule has 0 spiro atoms. The van der Waals surface area contributed by atoms with Crippen LogP contribution in [0.5, 0.6) is 0 Å². The third-order valence-corrected chi connectivity index (χ3v) is 10.8. The fraction of sp³-hybridized carbons (Fsp3) is 0.200. The average molecular weight is 300 g/mol. The molecule has 98 valence electrons. The lowest BCUT2D eigenvalue weighted by atomic mass is 10.4. The van der Waals surface area contributed by atoms with E-state index in [2.05, 4.69) is 80.3 Å². The molecule has 0 heterocycles. The molecule has 0 aliphatic carbocycles. The first kappa shape index (κ1) is 14.5. The predicted octanol–water partition coefficient (Wildman–Crippen LogP) is 2.26. The van der Waals surface area contributed by atoms with Crippen molar-refractivity contribution >= 4 is 36.3 Å². The molecule has 2 aromatic carbocycles. The largest absolute Gasteiger partial charge is 0.483 e. The Morgan fingerprint density at radius 1 is 0.842 bits per heavy atom. The third-order valence-electron chi connectivity index (χ3n) is 2.48. The van der Waals surface area contributed by atoms with Crippen LogP contribution >= 0.6 is 0 Å². The van der Waals surface area contributed by atoms with Crippen LogP contribution in [0.4, 0.5) is 0 Å². The zero-order chi connectivity index (χ0) is 13.7. The van der Waals surface area contributed by atoms with Crippen molar-refractivity contribution in [2.24, 2.45) is 0 Å². The Hall–Kier alpha value is -0.949. The molecule has 0 atom stereocenters. The maximum atomic E-state index is 6.48. The summed E-state index contributed by atoms with van der Waals surface area (Å²) < 4.78 is 6.48. The quantitative estimate of drug-likeness (QED) is 0.770. The van der Waals surface area contributed by atoms with Gasteiger partial charge in [0.05, 0.1) is 0 Å². The van der Waals surface area contributed by atoms with Crippen LogP contribution in [-0.2, 0) is 4.12 Å². The third kappa shape index (κ3) is 4.91. The van der Waals surface area contributed by atoms with Crippen LogP contribution < -0.4 is 10.4 Å². The van der Waals surface area contributed by atoms with Crippen molar-refractivity contribution < 1.29 is 4.12 Å². The molecular weight excluding hydrogens is 280 g/mol. The van der Waals surface area contributed by atoms with Crippen molar-refractivity contribution in [1.82, 2.24) is 0 Å². The van der Waals surface area contributed by atoms with E-state index < -0.39 is 16.9 Å². The van der Waals surface area contributed by atoms with Gasteiger partial charge in [-0.3, -0.25) is 0 Å². The molecule has 0 saturated heterocycles. The Balaban J connectivity index is 2.20. The maximum absolute atomic E-state index is 6.48. The number of hydrogen-bond acceptors (Lipinski definition) is 1. The Morgan fingerprint density at radius 2 is 1.37 bits per heavy atom. The van der Waals surface area contributed by atoms with Crippen molar-refractivity contribution in [1.29, 1.82) is 0 Å². The van der Waals surface area contributed by atoms with Gasteiger partial charge >= 0.3 is 0 Å². The average Bonchev–Trinajstić information content (AvgIpc) is 2.39. The summed E-state index contributed by atoms with van der Waals surface area (Å²) in [5.41, 5.74) is 0. The second-order valence-corrected chi connectivity index (χ2v) is 14.6. The van der Waals surface area contributed by atoms with E-state index in [0.717, 1.165) is 9.04 Å². The van der Waals surface area contributed by atoms with E-state index in [0.29, 0.717) is 0 Å². The van der Waals surface area contributed by atoms with Gasteiger partial charge in [-0.25, -0.2) is 5.19 Å². The molecule has 0 bridgehead atoms. The van der Waals surface area contributed by atoms with Crippen molar-refractivity contribution in [3.05, 3.63) is 60.7 Å². The molecule has 0 saturated carbocycles. The lowest BCUT2D eigenvalue weighted by molar-refractivity contribution is 0.600. The minimum Gasteiger partial charge on any atom is -0.483 e. The number of rotatable bonds is 5. The molecule has 0 fully saturated rings. The smallest absolute Gasteiger partial charge is 0.168 e. The highest BCUT2D eigenvalue weighted by Gasteiger charge is 2.17. The molecule has 2 aromatic rings. The first-order valence-electron chi connectivity index (χ1n) is 6.48. The molecule has 0 N–H and O–H groups in total. The summed E-state index contributed by atoms with van der Waals surface area (Å²) in [6.45, 7) is 6.82. The second kappa shape index (κ2) is 6.47. The van der Waals surface area contributed by atoms with Crippen molar-refractivity contribution in [2.75, 3.05) is 0 Å². The molecular formula is C15H19OSi3-. The van der Waals surface area contributed by atoms with Crippen molar-refractivity contribution in [2.45, 2.75) is 19.6 Å². The minimum atomic E-state index is -1.50. The van der Waals surface area contributed by atoms with E-state index in [4.69, 9.17) is 4.12 Å². The van der Waals surface area contributed by atoms with Gasteiger partial charge in [-0.05, 0) is 19.6 Å². The van der Waals surface area contributed by atoms with Crippen LogP contribution in [0.2, 0.25) is 19.6 Å². The molecule has 0 aromatic heterocycles. The van der Waals surface area contributed by atoms with E-state index in [1.54, 1.807) is 0 Å². The molecule has 19 heavy (non-hydrogen) atoms. The summed E-state index contributed by atoms with van der Waals surface area (Å²) >= 11 is 0. The Labute approximate surface area is 121 Å². The Kier molecular flexibility index (Phi) is 4.93. The van der Waals surface area contributed by atoms with Crippen LogP contribution in [0.3, 0.4) is 0 Å². The van der Waals surface area contributed by atoms with Gasteiger partial charge in [-0.15, -0.1) is 0 Å². The topological polar surface area (TPSA) is 9.23 Å².